The molecule has 3 heteroatoms. The van der Waals surface area contributed by atoms with Gasteiger partial charge in [0.1, 0.15) is 5.75 Å². The van der Waals surface area contributed by atoms with Crippen LogP contribution in [0.1, 0.15) is 37.0 Å². The topological polar surface area (TPSA) is 49.3 Å². The molecule has 1 rings (SSSR count). The second-order valence-electron chi connectivity index (χ2n) is 5.21. The van der Waals surface area contributed by atoms with Crippen molar-refractivity contribution in [2.24, 2.45) is 0 Å². The Morgan fingerprint density at radius 1 is 1.35 bits per heavy atom. The van der Waals surface area contributed by atoms with E-state index < -0.39 is 0 Å². The number of phenols is 1. The average Bonchev–Trinajstić information content (AvgIpc) is 2.14. The van der Waals surface area contributed by atoms with E-state index in [1.54, 1.807) is 13.1 Å². The van der Waals surface area contributed by atoms with Crippen LogP contribution in [-0.2, 0) is 10.2 Å². The van der Waals surface area contributed by atoms with Crippen molar-refractivity contribution >= 4 is 5.91 Å². The molecule has 0 bridgehead atoms. The van der Waals surface area contributed by atoms with Crippen molar-refractivity contribution in [3.8, 4) is 5.75 Å². The quantitative estimate of drug-likeness (QED) is 0.845. The molecule has 0 aromatic heterocycles. The Morgan fingerprint density at radius 3 is 2.41 bits per heavy atom. The van der Waals surface area contributed by atoms with Crippen molar-refractivity contribution < 1.29 is 9.90 Å². The van der Waals surface area contributed by atoms with Crippen LogP contribution in [0, 0.1) is 13.8 Å². The highest BCUT2D eigenvalue weighted by atomic mass is 16.3. The number of amides is 1. The molecule has 0 aliphatic carbocycles. The van der Waals surface area contributed by atoms with Crippen LogP contribution in [0.2, 0.25) is 0 Å². The molecule has 2 N–H and O–H groups in total. The predicted octanol–water partition coefficient (Wildman–Crippen LogP) is 2.42. The van der Waals surface area contributed by atoms with Crippen molar-refractivity contribution in [1.82, 2.24) is 5.32 Å². The number of phenolic OH excluding ortho intramolecular Hbond substituents is 1. The van der Waals surface area contributed by atoms with Gasteiger partial charge in [-0.2, -0.15) is 0 Å². The third kappa shape index (κ3) is 2.99. The molecule has 0 aliphatic rings. The maximum absolute atomic E-state index is 11.5. The molecule has 1 aromatic rings. The summed E-state index contributed by atoms with van der Waals surface area (Å²) in [5, 5.41) is 12.7. The lowest BCUT2D eigenvalue weighted by Crippen LogP contribution is -2.29. The van der Waals surface area contributed by atoms with E-state index in [4.69, 9.17) is 0 Å². The van der Waals surface area contributed by atoms with Crippen LogP contribution in [0.15, 0.2) is 12.1 Å². The van der Waals surface area contributed by atoms with Crippen molar-refractivity contribution in [2.45, 2.75) is 39.5 Å². The van der Waals surface area contributed by atoms with Gasteiger partial charge in [0, 0.05) is 24.4 Å². The molecular formula is C14H21NO2. The van der Waals surface area contributed by atoms with Crippen LogP contribution in [0.25, 0.3) is 0 Å². The summed E-state index contributed by atoms with van der Waals surface area (Å²) in [6.07, 6.45) is 0.362. The van der Waals surface area contributed by atoms with E-state index >= 15 is 0 Å². The Hall–Kier alpha value is -1.51. The van der Waals surface area contributed by atoms with Gasteiger partial charge in [0.25, 0.3) is 0 Å². The Morgan fingerprint density at radius 2 is 1.94 bits per heavy atom. The standard InChI is InChI=1S/C14H21NO2/c1-9-6-10(2)13(11(16)7-9)14(3,4)8-12(17)15-5/h6-7,16H,8H2,1-5H3,(H,15,17). The van der Waals surface area contributed by atoms with Gasteiger partial charge in [-0.3, -0.25) is 4.79 Å². The minimum absolute atomic E-state index is 0.0191. The van der Waals surface area contributed by atoms with Gasteiger partial charge in [0.15, 0.2) is 0 Å². The molecule has 1 aromatic carbocycles. The number of benzene rings is 1. The Balaban J connectivity index is 3.18. The van der Waals surface area contributed by atoms with Crippen LogP contribution in [0.4, 0.5) is 0 Å². The monoisotopic (exact) mass is 235 g/mol. The molecule has 0 saturated heterocycles. The molecule has 0 fully saturated rings. The minimum Gasteiger partial charge on any atom is -0.508 e. The maximum Gasteiger partial charge on any atom is 0.220 e. The SMILES string of the molecule is CNC(=O)CC(C)(C)c1c(C)cc(C)cc1O. The largest absolute Gasteiger partial charge is 0.508 e. The van der Waals surface area contributed by atoms with Gasteiger partial charge < -0.3 is 10.4 Å². The smallest absolute Gasteiger partial charge is 0.220 e. The molecule has 0 unspecified atom stereocenters. The first-order chi connectivity index (χ1) is 7.77. The number of nitrogens with one attached hydrogen (secondary N) is 1. The van der Waals surface area contributed by atoms with E-state index in [9.17, 15) is 9.90 Å². The maximum atomic E-state index is 11.5. The predicted molar refractivity (Wildman–Crippen MR) is 69.3 cm³/mol. The highest BCUT2D eigenvalue weighted by Crippen LogP contribution is 2.36. The fraction of sp³-hybridized carbons (Fsp3) is 0.500. The average molecular weight is 235 g/mol. The second kappa shape index (κ2) is 4.78. The van der Waals surface area contributed by atoms with E-state index in [1.807, 2.05) is 33.8 Å². The van der Waals surface area contributed by atoms with E-state index in [-0.39, 0.29) is 17.1 Å². The van der Waals surface area contributed by atoms with Crippen molar-refractivity contribution in [3.63, 3.8) is 0 Å². The number of hydrogen-bond acceptors (Lipinski definition) is 2. The van der Waals surface area contributed by atoms with Gasteiger partial charge in [0.2, 0.25) is 5.91 Å². The van der Waals surface area contributed by atoms with E-state index in [0.717, 1.165) is 16.7 Å². The normalized spacial score (nSPS) is 11.4. The lowest BCUT2D eigenvalue weighted by atomic mass is 9.78. The van der Waals surface area contributed by atoms with Crippen LogP contribution < -0.4 is 5.32 Å². The zero-order valence-corrected chi connectivity index (χ0v) is 11.2. The highest BCUT2D eigenvalue weighted by Gasteiger charge is 2.28. The Kier molecular flexibility index (Phi) is 3.81. The van der Waals surface area contributed by atoms with Crippen LogP contribution in [0.3, 0.4) is 0 Å². The van der Waals surface area contributed by atoms with Crippen LogP contribution >= 0.6 is 0 Å². The van der Waals surface area contributed by atoms with Gasteiger partial charge in [-0.1, -0.05) is 19.9 Å². The molecule has 0 saturated carbocycles. The zero-order valence-electron chi connectivity index (χ0n) is 11.2. The molecule has 0 atom stereocenters. The van der Waals surface area contributed by atoms with Gasteiger partial charge >= 0.3 is 0 Å². The second-order valence-corrected chi connectivity index (χ2v) is 5.21. The van der Waals surface area contributed by atoms with Gasteiger partial charge in [-0.15, -0.1) is 0 Å². The number of aryl methyl sites for hydroxylation is 2. The van der Waals surface area contributed by atoms with Gasteiger partial charge in [0.05, 0.1) is 0 Å². The number of carbonyl (C=O) groups is 1. The van der Waals surface area contributed by atoms with Crippen LogP contribution in [0.5, 0.6) is 5.75 Å². The summed E-state index contributed by atoms with van der Waals surface area (Å²) in [7, 11) is 1.63. The summed E-state index contributed by atoms with van der Waals surface area (Å²) < 4.78 is 0. The van der Waals surface area contributed by atoms with Crippen LogP contribution in [-0.4, -0.2) is 18.1 Å². The third-order valence-electron chi connectivity index (χ3n) is 3.02. The van der Waals surface area contributed by atoms with E-state index in [1.165, 1.54) is 0 Å². The first-order valence-corrected chi connectivity index (χ1v) is 5.79. The molecule has 3 nitrogen and oxygen atoms in total. The number of carbonyl (C=O) groups excluding carboxylic acids is 1. The molecule has 17 heavy (non-hydrogen) atoms. The van der Waals surface area contributed by atoms with E-state index in [2.05, 4.69) is 5.32 Å². The number of hydrogen-bond donors (Lipinski definition) is 2. The summed E-state index contributed by atoms with van der Waals surface area (Å²) >= 11 is 0. The lowest BCUT2D eigenvalue weighted by Gasteiger charge is -2.27. The fourth-order valence-corrected chi connectivity index (χ4v) is 2.40. The zero-order chi connectivity index (χ0) is 13.2. The third-order valence-corrected chi connectivity index (χ3v) is 3.02. The molecule has 0 spiro atoms. The molecule has 0 heterocycles. The number of aromatic hydroxyl groups is 1. The van der Waals surface area contributed by atoms with Gasteiger partial charge in [-0.25, -0.2) is 0 Å². The summed E-state index contributed by atoms with van der Waals surface area (Å²) in [5.74, 6) is 0.255. The lowest BCUT2D eigenvalue weighted by molar-refractivity contribution is -0.121. The van der Waals surface area contributed by atoms with Crippen molar-refractivity contribution in [3.05, 3.63) is 28.8 Å². The summed E-state index contributed by atoms with van der Waals surface area (Å²) in [6.45, 7) is 7.86. The summed E-state index contributed by atoms with van der Waals surface area (Å²) in [6, 6.07) is 3.77. The molecule has 94 valence electrons. The van der Waals surface area contributed by atoms with E-state index in [0.29, 0.717) is 6.42 Å². The summed E-state index contributed by atoms with van der Waals surface area (Å²) in [5.41, 5.74) is 2.53. The molecule has 0 aliphatic heterocycles. The minimum atomic E-state index is -0.373. The van der Waals surface area contributed by atoms with Crippen molar-refractivity contribution in [1.29, 1.82) is 0 Å². The highest BCUT2D eigenvalue weighted by molar-refractivity contribution is 5.77. The van der Waals surface area contributed by atoms with Crippen molar-refractivity contribution in [2.75, 3.05) is 7.05 Å². The fourth-order valence-electron chi connectivity index (χ4n) is 2.40. The first-order valence-electron chi connectivity index (χ1n) is 5.79. The van der Waals surface area contributed by atoms with Gasteiger partial charge in [-0.05, 0) is 31.0 Å². The summed E-state index contributed by atoms with van der Waals surface area (Å²) in [4.78, 5) is 11.5. The molecular weight excluding hydrogens is 214 g/mol. The first kappa shape index (κ1) is 13.6. The Bertz CT molecular complexity index is 413. The molecule has 0 radical (unpaired) electrons. The molecule has 1 amide bonds. The Labute approximate surface area is 103 Å². The number of rotatable bonds is 3.